The molecule has 4 heteroatoms. The van der Waals surface area contributed by atoms with Crippen molar-refractivity contribution in [1.29, 1.82) is 0 Å². The zero-order valence-corrected chi connectivity index (χ0v) is 10.4. The van der Waals surface area contributed by atoms with Gasteiger partial charge in [-0.1, -0.05) is 18.2 Å². The lowest BCUT2D eigenvalue weighted by atomic mass is 10.2. The van der Waals surface area contributed by atoms with E-state index in [-0.39, 0.29) is 18.1 Å². The Morgan fingerprint density at radius 2 is 2.22 bits per heavy atom. The van der Waals surface area contributed by atoms with Gasteiger partial charge in [0.15, 0.2) is 6.10 Å². The van der Waals surface area contributed by atoms with E-state index in [1.165, 1.54) is 0 Å². The maximum atomic E-state index is 12.3. The van der Waals surface area contributed by atoms with Gasteiger partial charge in [0.25, 0.3) is 5.91 Å². The summed E-state index contributed by atoms with van der Waals surface area (Å²) in [5.74, 6) is 0.800. The predicted molar refractivity (Wildman–Crippen MR) is 66.4 cm³/mol. The molecule has 3 atom stereocenters. The third kappa shape index (κ3) is 2.08. The molecule has 1 aromatic carbocycles. The Labute approximate surface area is 106 Å². The molecule has 0 aliphatic carbocycles. The Morgan fingerprint density at radius 3 is 2.83 bits per heavy atom. The van der Waals surface area contributed by atoms with Gasteiger partial charge in [-0.3, -0.25) is 4.79 Å². The normalized spacial score (nSPS) is 27.3. The third-order valence-electron chi connectivity index (χ3n) is 3.59. The van der Waals surface area contributed by atoms with E-state index < -0.39 is 6.10 Å². The van der Waals surface area contributed by atoms with Gasteiger partial charge < -0.3 is 14.4 Å². The van der Waals surface area contributed by atoms with Crippen LogP contribution in [-0.2, 0) is 9.53 Å². The molecule has 2 aliphatic rings. The summed E-state index contributed by atoms with van der Waals surface area (Å²) in [6, 6.07) is 9.71. The number of rotatable bonds is 3. The summed E-state index contributed by atoms with van der Waals surface area (Å²) in [5, 5.41) is 0. The molecular weight excluding hydrogens is 230 g/mol. The van der Waals surface area contributed by atoms with Crippen LogP contribution in [0.15, 0.2) is 30.3 Å². The highest BCUT2D eigenvalue weighted by molar-refractivity contribution is 5.81. The van der Waals surface area contributed by atoms with Crippen molar-refractivity contribution in [3.05, 3.63) is 30.3 Å². The molecule has 0 N–H and O–H groups in total. The van der Waals surface area contributed by atoms with Gasteiger partial charge >= 0.3 is 0 Å². The zero-order chi connectivity index (χ0) is 12.5. The average molecular weight is 247 g/mol. The SMILES string of the molecule is C[C@H](Oc1ccccc1)C(=O)N1C[C@H]2C[C@H]1CO2. The first kappa shape index (κ1) is 11.5. The first-order valence-corrected chi connectivity index (χ1v) is 6.38. The van der Waals surface area contributed by atoms with Crippen molar-refractivity contribution in [3.63, 3.8) is 0 Å². The smallest absolute Gasteiger partial charge is 0.263 e. The first-order valence-electron chi connectivity index (χ1n) is 6.38. The predicted octanol–water partition coefficient (Wildman–Crippen LogP) is 1.45. The number of morpholine rings is 1. The van der Waals surface area contributed by atoms with Crippen molar-refractivity contribution in [3.8, 4) is 5.75 Å². The lowest BCUT2D eigenvalue weighted by molar-refractivity contribution is -0.142. The quantitative estimate of drug-likeness (QED) is 0.811. The number of carbonyl (C=O) groups excluding carboxylic acids is 1. The van der Waals surface area contributed by atoms with Crippen molar-refractivity contribution in [2.75, 3.05) is 13.2 Å². The number of nitrogens with zero attached hydrogens (tertiary/aromatic N) is 1. The van der Waals surface area contributed by atoms with Gasteiger partial charge in [-0.2, -0.15) is 0 Å². The zero-order valence-electron chi connectivity index (χ0n) is 10.4. The van der Waals surface area contributed by atoms with E-state index in [2.05, 4.69) is 0 Å². The molecule has 2 saturated heterocycles. The van der Waals surface area contributed by atoms with Gasteiger partial charge in [0.1, 0.15) is 5.75 Å². The molecule has 0 spiro atoms. The molecule has 2 bridgehead atoms. The molecule has 0 saturated carbocycles. The second-order valence-corrected chi connectivity index (χ2v) is 4.91. The molecule has 2 fully saturated rings. The minimum atomic E-state index is -0.438. The van der Waals surface area contributed by atoms with Crippen LogP contribution in [0, 0.1) is 0 Å². The summed E-state index contributed by atoms with van der Waals surface area (Å²) in [7, 11) is 0. The molecule has 0 unspecified atom stereocenters. The van der Waals surface area contributed by atoms with Gasteiger partial charge in [-0.05, 0) is 25.5 Å². The number of para-hydroxylation sites is 1. The second-order valence-electron chi connectivity index (χ2n) is 4.91. The van der Waals surface area contributed by atoms with E-state index in [4.69, 9.17) is 9.47 Å². The van der Waals surface area contributed by atoms with E-state index in [1.807, 2.05) is 42.2 Å². The third-order valence-corrected chi connectivity index (χ3v) is 3.59. The molecular formula is C14H17NO3. The summed E-state index contributed by atoms with van der Waals surface area (Å²) < 4.78 is 11.2. The highest BCUT2D eigenvalue weighted by Crippen LogP contribution is 2.28. The second kappa shape index (κ2) is 4.61. The number of hydrogen-bond acceptors (Lipinski definition) is 3. The minimum Gasteiger partial charge on any atom is -0.481 e. The standard InChI is InChI=1S/C14H17NO3/c1-10(18-12-5-3-2-4-6-12)14(16)15-8-13-7-11(15)9-17-13/h2-6,10-11,13H,7-9H2,1H3/t10-,11-,13+/m0/s1. The van der Waals surface area contributed by atoms with E-state index in [9.17, 15) is 4.79 Å². The van der Waals surface area contributed by atoms with Crippen molar-refractivity contribution in [2.24, 2.45) is 0 Å². The van der Waals surface area contributed by atoms with Crippen LogP contribution in [0.5, 0.6) is 5.75 Å². The molecule has 1 aromatic rings. The van der Waals surface area contributed by atoms with Gasteiger partial charge in [-0.15, -0.1) is 0 Å². The van der Waals surface area contributed by atoms with Crippen LogP contribution in [0.1, 0.15) is 13.3 Å². The van der Waals surface area contributed by atoms with E-state index in [0.717, 1.165) is 12.2 Å². The van der Waals surface area contributed by atoms with E-state index in [0.29, 0.717) is 13.2 Å². The number of amides is 1. The Morgan fingerprint density at radius 1 is 1.44 bits per heavy atom. The fourth-order valence-electron chi connectivity index (χ4n) is 2.66. The molecule has 1 amide bonds. The monoisotopic (exact) mass is 247 g/mol. The maximum Gasteiger partial charge on any atom is 0.263 e. The number of fused-ring (bicyclic) bond motifs is 2. The van der Waals surface area contributed by atoms with Gasteiger partial charge in [0.05, 0.1) is 18.8 Å². The topological polar surface area (TPSA) is 38.8 Å². The average Bonchev–Trinajstić information content (AvgIpc) is 3.01. The molecule has 2 heterocycles. The van der Waals surface area contributed by atoms with Crippen LogP contribution >= 0.6 is 0 Å². The first-order chi connectivity index (χ1) is 8.74. The van der Waals surface area contributed by atoms with Crippen LogP contribution in [0.4, 0.5) is 0 Å². The summed E-state index contributed by atoms with van der Waals surface area (Å²) in [6.45, 7) is 3.20. The highest BCUT2D eigenvalue weighted by atomic mass is 16.5. The molecule has 18 heavy (non-hydrogen) atoms. The Bertz CT molecular complexity index is 434. The molecule has 3 rings (SSSR count). The number of hydrogen-bond donors (Lipinski definition) is 0. The van der Waals surface area contributed by atoms with Crippen LogP contribution in [0.25, 0.3) is 0 Å². The number of carbonyl (C=O) groups is 1. The van der Waals surface area contributed by atoms with Crippen LogP contribution in [0.2, 0.25) is 0 Å². The summed E-state index contributed by atoms with van der Waals surface area (Å²) >= 11 is 0. The van der Waals surface area contributed by atoms with Gasteiger partial charge in [0.2, 0.25) is 0 Å². The Kier molecular flexibility index (Phi) is 2.96. The molecule has 0 radical (unpaired) electrons. The molecule has 0 aromatic heterocycles. The molecule has 4 nitrogen and oxygen atoms in total. The fourth-order valence-corrected chi connectivity index (χ4v) is 2.66. The summed E-state index contributed by atoms with van der Waals surface area (Å²) in [4.78, 5) is 14.2. The number of likely N-dealkylation sites (tertiary alicyclic amines) is 1. The van der Waals surface area contributed by atoms with Crippen LogP contribution in [0.3, 0.4) is 0 Å². The largest absolute Gasteiger partial charge is 0.481 e. The Balaban J connectivity index is 1.62. The van der Waals surface area contributed by atoms with Crippen LogP contribution in [-0.4, -0.2) is 42.2 Å². The lowest BCUT2D eigenvalue weighted by Crippen LogP contribution is -2.47. The van der Waals surface area contributed by atoms with Gasteiger partial charge in [-0.25, -0.2) is 0 Å². The summed E-state index contributed by atoms with van der Waals surface area (Å²) in [6.07, 6.45) is 0.777. The van der Waals surface area contributed by atoms with Crippen LogP contribution < -0.4 is 4.74 Å². The summed E-state index contributed by atoms with van der Waals surface area (Å²) in [5.41, 5.74) is 0. The van der Waals surface area contributed by atoms with Crippen molar-refractivity contribution >= 4 is 5.91 Å². The maximum absolute atomic E-state index is 12.3. The van der Waals surface area contributed by atoms with E-state index in [1.54, 1.807) is 0 Å². The minimum absolute atomic E-state index is 0.0645. The van der Waals surface area contributed by atoms with Crippen molar-refractivity contribution in [1.82, 2.24) is 4.90 Å². The lowest BCUT2D eigenvalue weighted by Gasteiger charge is -2.29. The number of benzene rings is 1. The molecule has 96 valence electrons. The van der Waals surface area contributed by atoms with Gasteiger partial charge in [0, 0.05) is 6.54 Å². The Hall–Kier alpha value is -1.55. The van der Waals surface area contributed by atoms with E-state index >= 15 is 0 Å². The van der Waals surface area contributed by atoms with Crippen molar-refractivity contribution < 1.29 is 14.3 Å². The highest BCUT2D eigenvalue weighted by Gasteiger charge is 2.42. The molecule has 2 aliphatic heterocycles. The fraction of sp³-hybridized carbons (Fsp3) is 0.500. The number of ether oxygens (including phenoxy) is 2. The van der Waals surface area contributed by atoms with Crippen molar-refractivity contribution in [2.45, 2.75) is 31.6 Å².